The lowest BCUT2D eigenvalue weighted by atomic mass is 10.1. The van der Waals surface area contributed by atoms with Crippen molar-refractivity contribution in [3.05, 3.63) is 64.1 Å². The normalized spacial score (nSPS) is 23.9. The first-order valence-corrected chi connectivity index (χ1v) is 8.76. The van der Waals surface area contributed by atoms with Gasteiger partial charge in [0.25, 0.3) is 5.91 Å². The fourth-order valence-electron chi connectivity index (χ4n) is 3.57. The van der Waals surface area contributed by atoms with E-state index in [2.05, 4.69) is 10.3 Å². The lowest BCUT2D eigenvalue weighted by Crippen LogP contribution is -2.62. The van der Waals surface area contributed by atoms with Crippen LogP contribution in [0, 0.1) is 0 Å². The van der Waals surface area contributed by atoms with E-state index in [4.69, 9.17) is 23.2 Å². The van der Waals surface area contributed by atoms with Crippen molar-refractivity contribution in [1.82, 2.24) is 10.3 Å². The van der Waals surface area contributed by atoms with E-state index < -0.39 is 0 Å². The van der Waals surface area contributed by atoms with Gasteiger partial charge in [-0.1, -0.05) is 47.5 Å². The molecule has 4 nitrogen and oxygen atoms in total. The molecule has 24 heavy (non-hydrogen) atoms. The number of nitrogens with zero attached hydrogens (tertiary/aromatic N) is 2. The van der Waals surface area contributed by atoms with Crippen LogP contribution in [0.1, 0.15) is 24.6 Å². The summed E-state index contributed by atoms with van der Waals surface area (Å²) in [5.74, 6) is 0.0488. The lowest BCUT2D eigenvalue weighted by Gasteiger charge is -2.46. The van der Waals surface area contributed by atoms with Crippen LogP contribution >= 0.6 is 23.2 Å². The number of halogens is 2. The van der Waals surface area contributed by atoms with Crippen LogP contribution in [0.3, 0.4) is 0 Å². The van der Waals surface area contributed by atoms with E-state index in [9.17, 15) is 4.79 Å². The zero-order valence-electron chi connectivity index (χ0n) is 13.0. The number of hydrogen-bond acceptors (Lipinski definition) is 3. The second-order valence-corrected chi connectivity index (χ2v) is 6.94. The first-order valence-electron chi connectivity index (χ1n) is 8.00. The molecule has 2 fully saturated rings. The van der Waals surface area contributed by atoms with Gasteiger partial charge in [0, 0.05) is 6.54 Å². The third-order valence-corrected chi connectivity index (χ3v) is 5.40. The van der Waals surface area contributed by atoms with Crippen molar-refractivity contribution in [2.24, 2.45) is 0 Å². The Balaban J connectivity index is 1.80. The van der Waals surface area contributed by atoms with Gasteiger partial charge < -0.3 is 0 Å². The number of carbonyl (C=O) groups is 1. The van der Waals surface area contributed by atoms with Gasteiger partial charge in [0.1, 0.15) is 6.17 Å². The molecule has 0 saturated carbocycles. The van der Waals surface area contributed by atoms with E-state index in [1.807, 2.05) is 53.5 Å². The van der Waals surface area contributed by atoms with Gasteiger partial charge in [-0.25, -0.2) is 0 Å². The summed E-state index contributed by atoms with van der Waals surface area (Å²) in [5.41, 5.74) is 5.01. The molecule has 2 aliphatic heterocycles. The molecule has 6 heteroatoms. The maximum atomic E-state index is 12.5. The van der Waals surface area contributed by atoms with Crippen molar-refractivity contribution in [2.45, 2.75) is 25.0 Å². The summed E-state index contributed by atoms with van der Waals surface area (Å²) in [6.07, 6.45) is 1.79. The molecule has 0 radical (unpaired) electrons. The standard InChI is InChI=1S/C18H17Cl2N3O/c19-14-9-8-12(11-15(14)20)18-22-10-4-7-16(22)17(24)21-23(18)13-5-2-1-3-6-13/h1-3,5-6,8-9,11,16,18H,4,7,10H2,(H,21,24)/t16-,18?/m0/s1. The summed E-state index contributed by atoms with van der Waals surface area (Å²) in [6.45, 7) is 0.881. The average Bonchev–Trinajstić information content (AvgIpc) is 3.08. The number of para-hydroxylation sites is 1. The molecule has 0 spiro atoms. The van der Waals surface area contributed by atoms with E-state index in [1.165, 1.54) is 0 Å². The third-order valence-electron chi connectivity index (χ3n) is 4.66. The first kappa shape index (κ1) is 15.8. The van der Waals surface area contributed by atoms with E-state index in [0.717, 1.165) is 30.6 Å². The Morgan fingerprint density at radius 2 is 1.83 bits per heavy atom. The molecule has 2 aromatic carbocycles. The number of anilines is 1. The molecular formula is C18H17Cl2N3O. The van der Waals surface area contributed by atoms with Crippen LogP contribution in [0.5, 0.6) is 0 Å². The highest BCUT2D eigenvalue weighted by molar-refractivity contribution is 6.42. The van der Waals surface area contributed by atoms with E-state index >= 15 is 0 Å². The zero-order valence-corrected chi connectivity index (χ0v) is 14.5. The zero-order chi connectivity index (χ0) is 16.7. The number of hydrogen-bond donors (Lipinski definition) is 1. The fraction of sp³-hybridized carbons (Fsp3) is 0.278. The molecule has 2 aliphatic rings. The van der Waals surface area contributed by atoms with E-state index in [0.29, 0.717) is 10.0 Å². The largest absolute Gasteiger partial charge is 0.271 e. The van der Waals surface area contributed by atoms with Gasteiger partial charge in [0.15, 0.2) is 0 Å². The number of hydrazine groups is 1. The second-order valence-electron chi connectivity index (χ2n) is 6.12. The summed E-state index contributed by atoms with van der Waals surface area (Å²) in [5, 5.41) is 2.98. The van der Waals surface area contributed by atoms with Gasteiger partial charge in [-0.15, -0.1) is 0 Å². The molecule has 124 valence electrons. The highest BCUT2D eigenvalue weighted by atomic mass is 35.5. The van der Waals surface area contributed by atoms with Crippen LogP contribution in [0.25, 0.3) is 0 Å². The fourth-order valence-corrected chi connectivity index (χ4v) is 3.88. The van der Waals surface area contributed by atoms with Gasteiger partial charge in [-0.3, -0.25) is 20.1 Å². The Kier molecular flexibility index (Phi) is 4.12. The van der Waals surface area contributed by atoms with Gasteiger partial charge in [0.05, 0.1) is 21.8 Å². The third kappa shape index (κ3) is 2.65. The van der Waals surface area contributed by atoms with Crippen molar-refractivity contribution in [3.8, 4) is 0 Å². The predicted octanol–water partition coefficient (Wildman–Crippen LogP) is 4.01. The van der Waals surface area contributed by atoms with Crippen molar-refractivity contribution in [1.29, 1.82) is 0 Å². The number of amides is 1. The molecule has 0 aliphatic carbocycles. The molecule has 2 saturated heterocycles. The van der Waals surface area contributed by atoms with Crippen molar-refractivity contribution < 1.29 is 4.79 Å². The van der Waals surface area contributed by atoms with Crippen molar-refractivity contribution >= 4 is 34.8 Å². The van der Waals surface area contributed by atoms with Crippen molar-refractivity contribution in [2.75, 3.05) is 11.6 Å². The minimum absolute atomic E-state index is 0.0488. The Morgan fingerprint density at radius 1 is 1.04 bits per heavy atom. The van der Waals surface area contributed by atoms with Gasteiger partial charge >= 0.3 is 0 Å². The Morgan fingerprint density at radius 3 is 2.58 bits per heavy atom. The number of fused-ring (bicyclic) bond motifs is 1. The number of carbonyl (C=O) groups excluding carboxylic acids is 1. The maximum Gasteiger partial charge on any atom is 0.255 e. The van der Waals surface area contributed by atoms with Crippen molar-refractivity contribution in [3.63, 3.8) is 0 Å². The molecule has 2 aromatic rings. The van der Waals surface area contributed by atoms with E-state index in [-0.39, 0.29) is 18.1 Å². The Labute approximate surface area is 150 Å². The molecule has 1 amide bonds. The smallest absolute Gasteiger partial charge is 0.255 e. The van der Waals surface area contributed by atoms with Crippen LogP contribution in [-0.4, -0.2) is 23.4 Å². The lowest BCUT2D eigenvalue weighted by molar-refractivity contribution is -0.130. The summed E-state index contributed by atoms with van der Waals surface area (Å²) in [6, 6.07) is 15.4. The molecule has 2 heterocycles. The van der Waals surface area contributed by atoms with Crippen LogP contribution < -0.4 is 10.4 Å². The highest BCUT2D eigenvalue weighted by Gasteiger charge is 2.44. The summed E-state index contributed by atoms with van der Waals surface area (Å²) >= 11 is 12.3. The number of rotatable bonds is 2. The quantitative estimate of drug-likeness (QED) is 0.877. The summed E-state index contributed by atoms with van der Waals surface area (Å²) < 4.78 is 0. The van der Waals surface area contributed by atoms with Gasteiger partial charge in [-0.05, 0) is 42.7 Å². The van der Waals surface area contributed by atoms with Crippen LogP contribution in [0.15, 0.2) is 48.5 Å². The maximum absolute atomic E-state index is 12.5. The van der Waals surface area contributed by atoms with Gasteiger partial charge in [0.2, 0.25) is 0 Å². The van der Waals surface area contributed by atoms with Gasteiger partial charge in [-0.2, -0.15) is 0 Å². The Bertz CT molecular complexity index is 768. The summed E-state index contributed by atoms with van der Waals surface area (Å²) in [7, 11) is 0. The molecule has 0 bridgehead atoms. The molecule has 2 atom stereocenters. The molecule has 4 rings (SSSR count). The Hall–Kier alpha value is -1.75. The monoisotopic (exact) mass is 361 g/mol. The topological polar surface area (TPSA) is 35.6 Å². The SMILES string of the molecule is O=C1NN(c2ccccc2)C(c2ccc(Cl)c(Cl)c2)N2CCC[C@@H]12. The summed E-state index contributed by atoms with van der Waals surface area (Å²) in [4.78, 5) is 14.8. The average molecular weight is 362 g/mol. The molecule has 1 N–H and O–H groups in total. The van der Waals surface area contributed by atoms with E-state index in [1.54, 1.807) is 0 Å². The number of nitrogens with one attached hydrogen (secondary N) is 1. The second kappa shape index (κ2) is 6.28. The minimum Gasteiger partial charge on any atom is -0.271 e. The van der Waals surface area contributed by atoms with Crippen LogP contribution in [-0.2, 0) is 4.79 Å². The van der Waals surface area contributed by atoms with Crippen LogP contribution in [0.2, 0.25) is 10.0 Å². The van der Waals surface area contributed by atoms with Crippen LogP contribution in [0.4, 0.5) is 5.69 Å². The predicted molar refractivity (Wildman–Crippen MR) is 96.0 cm³/mol. The molecule has 0 aromatic heterocycles. The minimum atomic E-state index is -0.104. The first-order chi connectivity index (χ1) is 11.6. The highest BCUT2D eigenvalue weighted by Crippen LogP contribution is 2.38. The molecular weight excluding hydrogens is 345 g/mol. The molecule has 1 unspecified atom stereocenters. The number of benzene rings is 2.